The molecule has 0 atom stereocenters. The van der Waals surface area contributed by atoms with Gasteiger partial charge in [0.1, 0.15) is 28.6 Å². The minimum absolute atomic E-state index is 0.0280. The summed E-state index contributed by atoms with van der Waals surface area (Å²) in [6.45, 7) is 0. The number of nitrogens with zero attached hydrogens (tertiary/aromatic N) is 4. The van der Waals surface area contributed by atoms with Gasteiger partial charge in [-0.05, 0) is 36.4 Å². The first-order valence-corrected chi connectivity index (χ1v) is 9.13. The quantitative estimate of drug-likeness (QED) is 0.443. The lowest BCUT2D eigenvalue weighted by atomic mass is 10.2. The zero-order chi connectivity index (χ0) is 20.6. The van der Waals surface area contributed by atoms with E-state index in [0.717, 1.165) is 10.2 Å². The molecular formula is C19H13BrF3N5O. The van der Waals surface area contributed by atoms with Gasteiger partial charge >= 0.3 is 6.18 Å². The van der Waals surface area contributed by atoms with E-state index in [9.17, 15) is 13.2 Å². The SMILES string of the molecule is COc1ccc2nc(C(F)(F)F)c(-c3cncc(Nc4ccc(Br)cc4)n3)n2c1. The third-order valence-electron chi connectivity index (χ3n) is 4.09. The van der Waals surface area contributed by atoms with Crippen molar-refractivity contribution in [1.29, 1.82) is 0 Å². The molecule has 0 saturated carbocycles. The second kappa shape index (κ2) is 7.36. The molecule has 29 heavy (non-hydrogen) atoms. The van der Waals surface area contributed by atoms with Crippen molar-refractivity contribution in [2.45, 2.75) is 6.18 Å². The first kappa shape index (κ1) is 19.2. The Morgan fingerprint density at radius 1 is 1.03 bits per heavy atom. The van der Waals surface area contributed by atoms with Gasteiger partial charge in [-0.15, -0.1) is 0 Å². The smallest absolute Gasteiger partial charge is 0.435 e. The molecule has 1 aromatic carbocycles. The van der Waals surface area contributed by atoms with E-state index < -0.39 is 11.9 Å². The second-order valence-electron chi connectivity index (χ2n) is 6.03. The maximum Gasteiger partial charge on any atom is 0.435 e. The molecule has 0 spiro atoms. The molecule has 0 amide bonds. The van der Waals surface area contributed by atoms with Gasteiger partial charge in [0.2, 0.25) is 0 Å². The third-order valence-corrected chi connectivity index (χ3v) is 4.62. The van der Waals surface area contributed by atoms with E-state index in [1.54, 1.807) is 18.2 Å². The standard InChI is InChI=1S/C19H13BrF3N5O/c1-29-13-6-7-16-27-18(19(21,22)23)17(28(16)10-13)14-8-24-9-15(26-14)25-12-4-2-11(20)3-5-12/h2-10H,1H3,(H,25,26). The van der Waals surface area contributed by atoms with E-state index in [4.69, 9.17) is 4.74 Å². The highest BCUT2D eigenvalue weighted by Crippen LogP contribution is 2.37. The molecular weight excluding hydrogens is 451 g/mol. The average Bonchev–Trinajstić information content (AvgIpc) is 3.09. The van der Waals surface area contributed by atoms with Crippen LogP contribution in [0.4, 0.5) is 24.7 Å². The highest BCUT2D eigenvalue weighted by molar-refractivity contribution is 9.10. The molecule has 6 nitrogen and oxygen atoms in total. The average molecular weight is 464 g/mol. The topological polar surface area (TPSA) is 64.3 Å². The van der Waals surface area contributed by atoms with Crippen molar-refractivity contribution in [2.24, 2.45) is 0 Å². The van der Waals surface area contributed by atoms with Crippen LogP contribution in [0.5, 0.6) is 5.75 Å². The fourth-order valence-corrected chi connectivity index (χ4v) is 3.07. The maximum absolute atomic E-state index is 13.7. The molecule has 10 heteroatoms. The number of hydrogen-bond donors (Lipinski definition) is 1. The van der Waals surface area contributed by atoms with Crippen LogP contribution in [0.1, 0.15) is 5.69 Å². The Kier molecular flexibility index (Phi) is 4.87. The molecule has 148 valence electrons. The zero-order valence-electron chi connectivity index (χ0n) is 14.9. The molecule has 0 aliphatic heterocycles. The number of ether oxygens (including phenoxy) is 1. The number of imidazole rings is 1. The summed E-state index contributed by atoms with van der Waals surface area (Å²) in [7, 11) is 1.44. The van der Waals surface area contributed by atoms with Crippen molar-refractivity contribution in [2.75, 3.05) is 12.4 Å². The number of methoxy groups -OCH3 is 1. The van der Waals surface area contributed by atoms with Crippen molar-refractivity contribution < 1.29 is 17.9 Å². The predicted octanol–water partition coefficient (Wildman–Crippen LogP) is 5.32. The van der Waals surface area contributed by atoms with Crippen molar-refractivity contribution >= 4 is 33.1 Å². The Balaban J connectivity index is 1.84. The highest BCUT2D eigenvalue weighted by Gasteiger charge is 2.39. The Morgan fingerprint density at radius 2 is 1.79 bits per heavy atom. The van der Waals surface area contributed by atoms with E-state index in [1.165, 1.54) is 36.2 Å². The first-order chi connectivity index (χ1) is 13.8. The van der Waals surface area contributed by atoms with Crippen LogP contribution in [-0.4, -0.2) is 26.5 Å². The zero-order valence-corrected chi connectivity index (χ0v) is 16.5. The minimum Gasteiger partial charge on any atom is -0.495 e. The van der Waals surface area contributed by atoms with Crippen LogP contribution in [0.2, 0.25) is 0 Å². The Morgan fingerprint density at radius 3 is 2.48 bits per heavy atom. The fraction of sp³-hybridized carbons (Fsp3) is 0.105. The second-order valence-corrected chi connectivity index (χ2v) is 6.94. The molecule has 0 aliphatic carbocycles. The molecule has 3 aromatic heterocycles. The van der Waals surface area contributed by atoms with Crippen LogP contribution in [0.3, 0.4) is 0 Å². The normalized spacial score (nSPS) is 11.6. The molecule has 0 saturated heterocycles. The molecule has 3 heterocycles. The van der Waals surface area contributed by atoms with Gasteiger partial charge < -0.3 is 10.1 Å². The van der Waals surface area contributed by atoms with Crippen LogP contribution < -0.4 is 10.1 Å². The summed E-state index contributed by atoms with van der Waals surface area (Å²) in [6, 6.07) is 10.3. The number of anilines is 2. The van der Waals surface area contributed by atoms with Gasteiger partial charge in [-0.2, -0.15) is 13.2 Å². The largest absolute Gasteiger partial charge is 0.495 e. The Labute approximate surface area is 171 Å². The first-order valence-electron chi connectivity index (χ1n) is 8.33. The van der Waals surface area contributed by atoms with Crippen molar-refractivity contribution in [3.8, 4) is 17.1 Å². The summed E-state index contributed by atoms with van der Waals surface area (Å²) < 4.78 is 48.3. The molecule has 0 bridgehead atoms. The van der Waals surface area contributed by atoms with Gasteiger partial charge in [-0.1, -0.05) is 15.9 Å². The molecule has 0 unspecified atom stereocenters. The van der Waals surface area contributed by atoms with Gasteiger partial charge in [0.05, 0.1) is 25.7 Å². The Bertz CT molecular complexity index is 1170. The van der Waals surface area contributed by atoms with Crippen LogP contribution >= 0.6 is 15.9 Å². The molecule has 1 N–H and O–H groups in total. The summed E-state index contributed by atoms with van der Waals surface area (Å²) in [5.74, 6) is 0.692. The number of hydrogen-bond acceptors (Lipinski definition) is 5. The lowest BCUT2D eigenvalue weighted by Crippen LogP contribution is -2.09. The summed E-state index contributed by atoms with van der Waals surface area (Å²) >= 11 is 3.35. The number of nitrogens with one attached hydrogen (secondary N) is 1. The van der Waals surface area contributed by atoms with Gasteiger partial charge in [-0.3, -0.25) is 9.38 Å². The summed E-state index contributed by atoms with van der Waals surface area (Å²) in [6.07, 6.45) is -0.525. The summed E-state index contributed by atoms with van der Waals surface area (Å²) in [4.78, 5) is 12.1. The monoisotopic (exact) mass is 463 g/mol. The van der Waals surface area contributed by atoms with E-state index in [0.29, 0.717) is 11.6 Å². The van der Waals surface area contributed by atoms with Gasteiger partial charge in [0, 0.05) is 10.2 Å². The lowest BCUT2D eigenvalue weighted by molar-refractivity contribution is -0.140. The molecule has 0 radical (unpaired) electrons. The highest BCUT2D eigenvalue weighted by atomic mass is 79.9. The molecule has 0 fully saturated rings. The van der Waals surface area contributed by atoms with Gasteiger partial charge in [0.15, 0.2) is 5.69 Å². The van der Waals surface area contributed by atoms with Crippen molar-refractivity contribution in [1.82, 2.24) is 19.4 Å². The van der Waals surface area contributed by atoms with E-state index in [2.05, 4.69) is 36.2 Å². The van der Waals surface area contributed by atoms with E-state index in [1.807, 2.05) is 12.1 Å². The summed E-state index contributed by atoms with van der Waals surface area (Å²) in [5.41, 5.74) is -0.379. The molecule has 0 aliphatic rings. The number of pyridine rings is 1. The van der Waals surface area contributed by atoms with Gasteiger partial charge in [-0.25, -0.2) is 9.97 Å². The summed E-state index contributed by atoms with van der Waals surface area (Å²) in [5, 5.41) is 3.03. The number of fused-ring (bicyclic) bond motifs is 1. The fourth-order valence-electron chi connectivity index (χ4n) is 2.81. The van der Waals surface area contributed by atoms with Crippen LogP contribution in [0.25, 0.3) is 17.0 Å². The number of aromatic nitrogens is 4. The van der Waals surface area contributed by atoms with E-state index in [-0.39, 0.29) is 17.0 Å². The van der Waals surface area contributed by atoms with Crippen molar-refractivity contribution in [3.63, 3.8) is 0 Å². The molecule has 4 aromatic rings. The van der Waals surface area contributed by atoms with Crippen molar-refractivity contribution in [3.05, 3.63) is 65.2 Å². The number of alkyl halides is 3. The number of halogens is 4. The van der Waals surface area contributed by atoms with E-state index >= 15 is 0 Å². The minimum atomic E-state index is -4.66. The lowest BCUT2D eigenvalue weighted by Gasteiger charge is -2.10. The predicted molar refractivity (Wildman–Crippen MR) is 105 cm³/mol. The third kappa shape index (κ3) is 3.88. The number of benzene rings is 1. The number of rotatable bonds is 4. The maximum atomic E-state index is 13.7. The van der Waals surface area contributed by atoms with Crippen LogP contribution in [0.15, 0.2) is 59.5 Å². The van der Waals surface area contributed by atoms with Gasteiger partial charge in [0.25, 0.3) is 0 Å². The van der Waals surface area contributed by atoms with Crippen LogP contribution in [0, 0.1) is 0 Å². The van der Waals surface area contributed by atoms with Crippen LogP contribution in [-0.2, 0) is 6.18 Å². The molecule has 4 rings (SSSR count). The Hall–Kier alpha value is -3.14.